The Hall–Kier alpha value is -5.88. The smallest absolute Gasteiger partial charge is 0.465 e. The number of thiophene rings is 1. The Bertz CT molecular complexity index is 2100. The molecule has 0 aliphatic carbocycles. The van der Waals surface area contributed by atoms with E-state index in [1.165, 1.54) is 55.6 Å². The number of alkyl halides is 3. The first-order valence-corrected chi connectivity index (χ1v) is 18.3. The molecule has 57 heavy (non-hydrogen) atoms. The van der Waals surface area contributed by atoms with E-state index in [0.29, 0.717) is 6.07 Å². The maximum absolute atomic E-state index is 16.5. The van der Waals surface area contributed by atoms with Crippen molar-refractivity contribution in [3.05, 3.63) is 105 Å². The van der Waals surface area contributed by atoms with Crippen molar-refractivity contribution in [2.24, 2.45) is 0 Å². The number of nitrogens with zero attached hydrogens (tertiary/aromatic N) is 1. The molecule has 5 rings (SSSR count). The summed E-state index contributed by atoms with van der Waals surface area (Å²) in [4.78, 5) is 68.3. The number of likely N-dealkylation sites (tertiary alicyclic amines) is 1. The molecule has 1 fully saturated rings. The van der Waals surface area contributed by atoms with Crippen molar-refractivity contribution in [3.63, 3.8) is 0 Å². The van der Waals surface area contributed by atoms with Crippen molar-refractivity contribution in [3.8, 4) is 16.9 Å². The van der Waals surface area contributed by atoms with Gasteiger partial charge in [0.15, 0.2) is 11.6 Å². The second-order valence-corrected chi connectivity index (χ2v) is 13.4. The van der Waals surface area contributed by atoms with E-state index in [1.807, 2.05) is 0 Å². The first-order valence-electron chi connectivity index (χ1n) is 17.4. The summed E-state index contributed by atoms with van der Waals surface area (Å²) in [5.41, 5.74) is -4.71. The predicted octanol–water partition coefficient (Wildman–Crippen LogP) is 7.14. The molecule has 1 aliphatic rings. The van der Waals surface area contributed by atoms with Crippen LogP contribution in [0.4, 0.5) is 32.4 Å². The highest BCUT2D eigenvalue weighted by molar-refractivity contribution is 7.10. The van der Waals surface area contributed by atoms with Crippen LogP contribution >= 0.6 is 11.3 Å². The number of rotatable bonds is 12. The van der Waals surface area contributed by atoms with Crippen LogP contribution in [0.15, 0.2) is 72.1 Å². The molecule has 302 valence electrons. The zero-order chi connectivity index (χ0) is 41.5. The van der Waals surface area contributed by atoms with Crippen LogP contribution in [0, 0.1) is 11.6 Å². The van der Waals surface area contributed by atoms with Gasteiger partial charge >= 0.3 is 24.3 Å². The van der Waals surface area contributed by atoms with Crippen molar-refractivity contribution in [1.29, 1.82) is 0 Å². The summed E-state index contributed by atoms with van der Waals surface area (Å²) >= 11 is 0.936. The third kappa shape index (κ3) is 9.23. The summed E-state index contributed by atoms with van der Waals surface area (Å²) in [5.74, 6) is -9.14. The zero-order valence-corrected chi connectivity index (χ0v) is 31.1. The molecule has 4 aromatic rings. The quantitative estimate of drug-likeness (QED) is 0.0495. The van der Waals surface area contributed by atoms with Gasteiger partial charge in [-0.2, -0.15) is 13.2 Å². The fraction of sp³-hybridized carbons (Fsp3) is 0.308. The summed E-state index contributed by atoms with van der Waals surface area (Å²) in [6.45, 7) is 1.38. The van der Waals surface area contributed by atoms with Gasteiger partial charge in [-0.05, 0) is 67.5 Å². The Morgan fingerprint density at radius 3 is 2.09 bits per heavy atom. The predicted molar refractivity (Wildman–Crippen MR) is 194 cm³/mol. The van der Waals surface area contributed by atoms with E-state index in [2.05, 4.69) is 5.32 Å². The number of aliphatic hydroxyl groups excluding tert-OH is 1. The van der Waals surface area contributed by atoms with Crippen molar-refractivity contribution < 1.29 is 70.0 Å². The van der Waals surface area contributed by atoms with E-state index in [4.69, 9.17) is 18.9 Å². The fourth-order valence-corrected chi connectivity index (χ4v) is 6.86. The summed E-state index contributed by atoms with van der Waals surface area (Å²) in [7, 11) is 0. The molecule has 0 unspecified atom stereocenters. The lowest BCUT2D eigenvalue weighted by atomic mass is 9.87. The molecule has 0 spiro atoms. The number of benzene rings is 3. The maximum Gasteiger partial charge on any atom is 0.514 e. The molecule has 0 bridgehead atoms. The Balaban J connectivity index is 1.49. The Morgan fingerprint density at radius 2 is 1.51 bits per heavy atom. The minimum absolute atomic E-state index is 0.0593. The molecule has 12 nitrogen and oxygen atoms in total. The van der Waals surface area contributed by atoms with Gasteiger partial charge in [0.1, 0.15) is 12.2 Å². The molecule has 1 aliphatic heterocycles. The van der Waals surface area contributed by atoms with Crippen LogP contribution < -0.4 is 10.1 Å². The standard InChI is InChI=1S/C39H35F5N2O10S/c1-3-53-35(50)38(36(51)54-4-2,29-10-7-19-57-29)21-55-37(52)56-32-27(40)20-28(30(31(32)41)34(49)46-17-15-24(47)16-18-46)45-33(48)26-9-6-5-8-25(26)22-11-13-23(14-12-22)39(42,43)44/h5-14,19-20,24,47H,3-4,15-18,21H2,1-2H3,(H,45,48). The molecule has 0 atom stereocenters. The number of ether oxygens (including phenoxy) is 4. The van der Waals surface area contributed by atoms with Gasteiger partial charge < -0.3 is 34.3 Å². The Morgan fingerprint density at radius 1 is 0.877 bits per heavy atom. The molecule has 1 aromatic heterocycles. The van der Waals surface area contributed by atoms with Crippen molar-refractivity contribution >= 4 is 46.9 Å². The normalized spacial score (nSPS) is 13.4. The van der Waals surface area contributed by atoms with Crippen LogP contribution in [-0.2, 0) is 35.4 Å². The largest absolute Gasteiger partial charge is 0.514 e. The van der Waals surface area contributed by atoms with E-state index in [0.717, 1.165) is 40.5 Å². The van der Waals surface area contributed by atoms with Crippen LogP contribution in [0.25, 0.3) is 11.1 Å². The number of esters is 2. The van der Waals surface area contributed by atoms with Gasteiger partial charge in [-0.3, -0.25) is 19.2 Å². The third-order valence-electron chi connectivity index (χ3n) is 8.87. The van der Waals surface area contributed by atoms with E-state index in [-0.39, 0.29) is 60.7 Å². The molecule has 0 radical (unpaired) electrons. The molecule has 18 heteroatoms. The lowest BCUT2D eigenvalue weighted by Gasteiger charge is -2.30. The van der Waals surface area contributed by atoms with E-state index in [1.54, 1.807) is 0 Å². The number of anilines is 1. The van der Waals surface area contributed by atoms with E-state index < -0.39 is 88.4 Å². The number of carbonyl (C=O) groups excluding carboxylic acids is 5. The molecule has 0 saturated carbocycles. The highest BCUT2D eigenvalue weighted by atomic mass is 32.1. The third-order valence-corrected chi connectivity index (χ3v) is 9.90. The number of aliphatic hydroxyl groups is 1. The first-order chi connectivity index (χ1) is 27.1. The molecule has 3 aromatic carbocycles. The Labute approximate surface area is 326 Å². The van der Waals surface area contributed by atoms with E-state index in [9.17, 15) is 42.3 Å². The fourth-order valence-electron chi connectivity index (χ4n) is 5.97. The highest BCUT2D eigenvalue weighted by Crippen LogP contribution is 2.37. The number of amides is 2. The van der Waals surface area contributed by atoms with Crippen molar-refractivity contribution in [1.82, 2.24) is 4.90 Å². The number of carbonyl (C=O) groups is 5. The van der Waals surface area contributed by atoms with Crippen LogP contribution in [0.5, 0.6) is 5.75 Å². The minimum Gasteiger partial charge on any atom is -0.465 e. The maximum atomic E-state index is 16.5. The lowest BCUT2D eigenvalue weighted by Crippen LogP contribution is -2.50. The van der Waals surface area contributed by atoms with Crippen LogP contribution in [-0.4, -0.2) is 78.9 Å². The second kappa shape index (κ2) is 17.9. The average molecular weight is 819 g/mol. The molecule has 2 N–H and O–H groups in total. The summed E-state index contributed by atoms with van der Waals surface area (Å²) in [5, 5.41) is 13.8. The summed E-state index contributed by atoms with van der Waals surface area (Å²) < 4.78 is 92.1. The molecular formula is C39H35F5N2O10S. The monoisotopic (exact) mass is 818 g/mol. The number of hydrogen-bond acceptors (Lipinski definition) is 11. The second-order valence-electron chi connectivity index (χ2n) is 12.5. The average Bonchev–Trinajstić information content (AvgIpc) is 3.72. The van der Waals surface area contributed by atoms with Gasteiger partial charge in [0.2, 0.25) is 11.2 Å². The topological polar surface area (TPSA) is 158 Å². The first kappa shape index (κ1) is 42.3. The molecular weight excluding hydrogens is 783 g/mol. The van der Waals surface area contributed by atoms with Crippen LogP contribution in [0.2, 0.25) is 0 Å². The number of hydrogen-bond donors (Lipinski definition) is 2. The van der Waals surface area contributed by atoms with Gasteiger partial charge in [-0.15, -0.1) is 11.3 Å². The van der Waals surface area contributed by atoms with Crippen LogP contribution in [0.1, 0.15) is 57.8 Å². The summed E-state index contributed by atoms with van der Waals surface area (Å²) in [6.07, 6.45) is -6.96. The van der Waals surface area contributed by atoms with Crippen molar-refractivity contribution in [2.45, 2.75) is 44.4 Å². The van der Waals surface area contributed by atoms with Gasteiger partial charge in [0.25, 0.3) is 11.8 Å². The molecule has 2 amide bonds. The van der Waals surface area contributed by atoms with Crippen molar-refractivity contribution in [2.75, 3.05) is 38.2 Å². The van der Waals surface area contributed by atoms with Gasteiger partial charge in [0.05, 0.1) is 30.6 Å². The Kier molecular flexibility index (Phi) is 13.3. The molecule has 2 heterocycles. The van der Waals surface area contributed by atoms with Gasteiger partial charge in [-0.1, -0.05) is 36.4 Å². The SMILES string of the molecule is CCOC(=O)C(COC(=O)Oc1c(F)cc(NC(=O)c2ccccc2-c2ccc(C(F)(F)F)cc2)c(C(=O)N2CCC(O)CC2)c1F)(C(=O)OCC)c1cccs1. The highest BCUT2D eigenvalue weighted by Gasteiger charge is 2.53. The van der Waals surface area contributed by atoms with Gasteiger partial charge in [0, 0.05) is 29.6 Å². The van der Waals surface area contributed by atoms with E-state index >= 15 is 8.78 Å². The number of nitrogens with one attached hydrogen (secondary N) is 1. The zero-order valence-electron chi connectivity index (χ0n) is 30.3. The summed E-state index contributed by atoms with van der Waals surface area (Å²) in [6, 6.07) is 13.0. The molecule has 1 saturated heterocycles. The number of halogens is 5. The van der Waals surface area contributed by atoms with Gasteiger partial charge in [-0.25, -0.2) is 13.6 Å². The lowest BCUT2D eigenvalue weighted by molar-refractivity contribution is -0.167. The number of piperidine rings is 1. The van der Waals surface area contributed by atoms with Crippen LogP contribution in [0.3, 0.4) is 0 Å². The minimum atomic E-state index is -4.62.